The molecule has 0 fully saturated rings. The maximum Gasteiger partial charge on any atom is 0.419 e. The fourth-order valence-electron chi connectivity index (χ4n) is 0.892. The van der Waals surface area contributed by atoms with Gasteiger partial charge in [-0.25, -0.2) is 8.78 Å². The van der Waals surface area contributed by atoms with Crippen LogP contribution in [0.5, 0.6) is 0 Å². The maximum atomic E-state index is 12.9. The SMILES string of the molecule is N#Cc1cc(C(F)(F)F)c(F)c(Cl)c1F. The van der Waals surface area contributed by atoms with Crippen LogP contribution in [0.4, 0.5) is 22.0 Å². The minimum Gasteiger partial charge on any atom is -0.205 e. The summed E-state index contributed by atoms with van der Waals surface area (Å²) in [6, 6.07) is 1.23. The topological polar surface area (TPSA) is 23.8 Å². The van der Waals surface area contributed by atoms with Crippen LogP contribution in [0.2, 0.25) is 5.02 Å². The number of benzene rings is 1. The van der Waals surface area contributed by atoms with Crippen molar-refractivity contribution in [3.63, 3.8) is 0 Å². The van der Waals surface area contributed by atoms with Crippen LogP contribution >= 0.6 is 11.6 Å². The Labute approximate surface area is 85.7 Å². The average molecular weight is 242 g/mol. The lowest BCUT2D eigenvalue weighted by Crippen LogP contribution is -2.10. The summed E-state index contributed by atoms with van der Waals surface area (Å²) >= 11 is 4.97. The molecular weight excluding hydrogens is 241 g/mol. The van der Waals surface area contributed by atoms with Gasteiger partial charge < -0.3 is 0 Å². The highest BCUT2D eigenvalue weighted by molar-refractivity contribution is 6.31. The number of hydrogen-bond donors (Lipinski definition) is 0. The average Bonchev–Trinajstić information content (AvgIpc) is 2.13. The lowest BCUT2D eigenvalue weighted by molar-refractivity contribution is -0.140. The van der Waals surface area contributed by atoms with Crippen molar-refractivity contribution in [2.45, 2.75) is 6.18 Å². The highest BCUT2D eigenvalue weighted by Crippen LogP contribution is 2.36. The number of alkyl halides is 3. The van der Waals surface area contributed by atoms with Gasteiger partial charge >= 0.3 is 6.18 Å². The number of nitrogens with zero attached hydrogens (tertiary/aromatic N) is 1. The van der Waals surface area contributed by atoms with Crippen molar-refractivity contribution in [2.24, 2.45) is 0 Å². The molecule has 0 N–H and O–H groups in total. The van der Waals surface area contributed by atoms with E-state index in [-0.39, 0.29) is 6.07 Å². The summed E-state index contributed by atoms with van der Waals surface area (Å²) in [5, 5.41) is 6.95. The number of nitriles is 1. The Hall–Kier alpha value is -1.35. The lowest BCUT2D eigenvalue weighted by atomic mass is 10.1. The molecule has 0 saturated heterocycles. The number of rotatable bonds is 0. The van der Waals surface area contributed by atoms with E-state index >= 15 is 0 Å². The molecule has 0 aromatic heterocycles. The van der Waals surface area contributed by atoms with Crippen LogP contribution in [-0.2, 0) is 6.18 Å². The first kappa shape index (κ1) is 11.7. The molecule has 0 aliphatic rings. The molecule has 1 aromatic carbocycles. The zero-order valence-electron chi connectivity index (χ0n) is 6.79. The first-order chi connectivity index (χ1) is 6.79. The zero-order chi connectivity index (χ0) is 11.8. The molecule has 7 heteroatoms. The molecule has 0 radical (unpaired) electrons. The van der Waals surface area contributed by atoms with E-state index in [1.807, 2.05) is 0 Å². The first-order valence-electron chi connectivity index (χ1n) is 3.43. The molecule has 1 aromatic rings. The van der Waals surface area contributed by atoms with Gasteiger partial charge in [0.15, 0.2) is 11.6 Å². The van der Waals surface area contributed by atoms with E-state index in [9.17, 15) is 22.0 Å². The Kier molecular flexibility index (Phi) is 2.86. The minimum atomic E-state index is -5.02. The van der Waals surface area contributed by atoms with Gasteiger partial charge in [-0.15, -0.1) is 0 Å². The lowest BCUT2D eigenvalue weighted by Gasteiger charge is -2.09. The number of hydrogen-bond acceptors (Lipinski definition) is 1. The van der Waals surface area contributed by atoms with Crippen molar-refractivity contribution in [1.29, 1.82) is 5.26 Å². The molecule has 0 aliphatic heterocycles. The van der Waals surface area contributed by atoms with Gasteiger partial charge in [0.2, 0.25) is 0 Å². The second kappa shape index (κ2) is 3.66. The van der Waals surface area contributed by atoms with Gasteiger partial charge in [0.25, 0.3) is 0 Å². The number of halogens is 6. The monoisotopic (exact) mass is 241 g/mol. The summed E-state index contributed by atoms with van der Waals surface area (Å²) in [5.41, 5.74) is -2.71. The predicted molar refractivity (Wildman–Crippen MR) is 41.1 cm³/mol. The van der Waals surface area contributed by atoms with Crippen LogP contribution in [0.15, 0.2) is 6.07 Å². The van der Waals surface area contributed by atoms with Crippen molar-refractivity contribution in [1.82, 2.24) is 0 Å². The molecule has 15 heavy (non-hydrogen) atoms. The summed E-state index contributed by atoms with van der Waals surface area (Å²) in [5.74, 6) is -3.41. The molecule has 0 saturated carbocycles. The van der Waals surface area contributed by atoms with Crippen molar-refractivity contribution in [3.05, 3.63) is 33.9 Å². The van der Waals surface area contributed by atoms with Crippen LogP contribution in [0.3, 0.4) is 0 Å². The standard InChI is InChI=1S/C8HClF5N/c9-5-6(10)3(2-15)1-4(7(5)11)8(12,13)14/h1H. The summed E-state index contributed by atoms with van der Waals surface area (Å²) in [7, 11) is 0. The summed E-state index contributed by atoms with van der Waals surface area (Å²) in [6.45, 7) is 0. The largest absolute Gasteiger partial charge is 0.419 e. The van der Waals surface area contributed by atoms with E-state index in [1.54, 1.807) is 0 Å². The van der Waals surface area contributed by atoms with Gasteiger partial charge in [-0.05, 0) is 6.07 Å². The molecule has 1 nitrogen and oxygen atoms in total. The van der Waals surface area contributed by atoms with Gasteiger partial charge in [-0.3, -0.25) is 0 Å². The van der Waals surface area contributed by atoms with E-state index in [2.05, 4.69) is 0 Å². The van der Waals surface area contributed by atoms with Crippen LogP contribution in [0.1, 0.15) is 11.1 Å². The van der Waals surface area contributed by atoms with Gasteiger partial charge in [0.05, 0.1) is 11.1 Å². The van der Waals surface area contributed by atoms with Crippen molar-refractivity contribution in [2.75, 3.05) is 0 Å². The Morgan fingerprint density at radius 3 is 2.13 bits per heavy atom. The second-order valence-corrected chi connectivity index (χ2v) is 2.90. The van der Waals surface area contributed by atoms with Crippen LogP contribution in [0, 0.1) is 23.0 Å². The van der Waals surface area contributed by atoms with Gasteiger partial charge in [-0.1, -0.05) is 11.6 Å². The Morgan fingerprint density at radius 2 is 1.73 bits per heavy atom. The van der Waals surface area contributed by atoms with E-state index < -0.39 is 34.0 Å². The Balaban J connectivity index is 3.58. The first-order valence-corrected chi connectivity index (χ1v) is 3.81. The third-order valence-electron chi connectivity index (χ3n) is 1.57. The Morgan fingerprint density at radius 1 is 1.20 bits per heavy atom. The quantitative estimate of drug-likeness (QED) is 0.504. The van der Waals surface area contributed by atoms with Crippen molar-refractivity contribution < 1.29 is 22.0 Å². The smallest absolute Gasteiger partial charge is 0.205 e. The molecule has 0 spiro atoms. The van der Waals surface area contributed by atoms with Crippen LogP contribution in [0.25, 0.3) is 0 Å². The van der Waals surface area contributed by atoms with E-state index in [0.717, 1.165) is 6.07 Å². The summed E-state index contributed by atoms with van der Waals surface area (Å²) < 4.78 is 62.2. The predicted octanol–water partition coefficient (Wildman–Crippen LogP) is 3.51. The highest BCUT2D eigenvalue weighted by Gasteiger charge is 2.36. The molecule has 0 amide bonds. The van der Waals surface area contributed by atoms with E-state index in [1.165, 1.54) is 0 Å². The summed E-state index contributed by atoms with van der Waals surface area (Å²) in [6.07, 6.45) is -5.02. The fraction of sp³-hybridized carbons (Fsp3) is 0.125. The van der Waals surface area contributed by atoms with Crippen LogP contribution in [-0.4, -0.2) is 0 Å². The van der Waals surface area contributed by atoms with Gasteiger partial charge in [0.1, 0.15) is 11.1 Å². The third-order valence-corrected chi connectivity index (χ3v) is 1.90. The molecule has 0 bridgehead atoms. The fourth-order valence-corrected chi connectivity index (χ4v) is 1.10. The van der Waals surface area contributed by atoms with Crippen molar-refractivity contribution in [3.8, 4) is 6.07 Å². The van der Waals surface area contributed by atoms with Gasteiger partial charge in [0, 0.05) is 0 Å². The summed E-state index contributed by atoms with van der Waals surface area (Å²) in [4.78, 5) is 0. The van der Waals surface area contributed by atoms with E-state index in [4.69, 9.17) is 16.9 Å². The maximum absolute atomic E-state index is 12.9. The zero-order valence-corrected chi connectivity index (χ0v) is 7.55. The molecule has 0 heterocycles. The Bertz CT molecular complexity index is 446. The highest BCUT2D eigenvalue weighted by atomic mass is 35.5. The molecule has 80 valence electrons. The van der Waals surface area contributed by atoms with Crippen LogP contribution < -0.4 is 0 Å². The molecule has 1 rings (SSSR count). The normalized spacial score (nSPS) is 11.3. The minimum absolute atomic E-state index is 0.0799. The second-order valence-electron chi connectivity index (χ2n) is 2.52. The molecular formula is C8HClF5N. The van der Waals surface area contributed by atoms with Crippen molar-refractivity contribution >= 4 is 11.6 Å². The molecule has 0 aliphatic carbocycles. The molecule has 0 unspecified atom stereocenters. The molecule has 0 atom stereocenters. The third kappa shape index (κ3) is 2.02. The van der Waals surface area contributed by atoms with Gasteiger partial charge in [-0.2, -0.15) is 18.4 Å². The van der Waals surface area contributed by atoms with E-state index in [0.29, 0.717) is 0 Å².